The standard InChI is InChI=1S/C24H23FN2O2/c1-17(19-7-3-2-4-8-19)26-24(29)21-9-5-6-10-22(21)27-23(28)16-13-18-11-14-20(25)15-12-18/h2-12,14-15,17H,13,16H2,1H3,(H,26,29)(H,27,28). The van der Waals surface area contributed by atoms with E-state index in [2.05, 4.69) is 10.6 Å². The van der Waals surface area contributed by atoms with Crippen molar-refractivity contribution in [3.63, 3.8) is 0 Å². The molecule has 0 saturated heterocycles. The first-order valence-electron chi connectivity index (χ1n) is 9.52. The molecule has 29 heavy (non-hydrogen) atoms. The van der Waals surface area contributed by atoms with Gasteiger partial charge in [0, 0.05) is 6.42 Å². The zero-order valence-corrected chi connectivity index (χ0v) is 16.2. The number of nitrogens with one attached hydrogen (secondary N) is 2. The van der Waals surface area contributed by atoms with Crippen molar-refractivity contribution in [3.05, 3.63) is 101 Å². The van der Waals surface area contributed by atoms with Crippen molar-refractivity contribution < 1.29 is 14.0 Å². The quantitative estimate of drug-likeness (QED) is 0.604. The van der Waals surface area contributed by atoms with Gasteiger partial charge in [-0.05, 0) is 48.7 Å². The average Bonchev–Trinajstić information content (AvgIpc) is 2.74. The third kappa shape index (κ3) is 5.75. The summed E-state index contributed by atoms with van der Waals surface area (Å²) in [6.45, 7) is 1.91. The van der Waals surface area contributed by atoms with Crippen molar-refractivity contribution >= 4 is 17.5 Å². The van der Waals surface area contributed by atoms with Crippen LogP contribution in [-0.4, -0.2) is 11.8 Å². The number of hydrogen-bond donors (Lipinski definition) is 2. The number of hydrogen-bond acceptors (Lipinski definition) is 2. The monoisotopic (exact) mass is 390 g/mol. The Balaban J connectivity index is 1.62. The van der Waals surface area contributed by atoms with Crippen molar-refractivity contribution in [2.75, 3.05) is 5.32 Å². The Labute approximate surface area is 169 Å². The Bertz CT molecular complexity index is 972. The van der Waals surface area contributed by atoms with E-state index in [0.29, 0.717) is 17.7 Å². The van der Waals surface area contributed by atoms with Crippen LogP contribution in [0.15, 0.2) is 78.9 Å². The number of aryl methyl sites for hydroxylation is 1. The predicted octanol–water partition coefficient (Wildman–Crippen LogP) is 4.89. The third-order valence-electron chi connectivity index (χ3n) is 4.65. The molecule has 0 aliphatic rings. The minimum atomic E-state index is -0.303. The summed E-state index contributed by atoms with van der Waals surface area (Å²) in [5.41, 5.74) is 2.76. The molecule has 2 N–H and O–H groups in total. The number of rotatable bonds is 7. The van der Waals surface area contributed by atoms with E-state index in [4.69, 9.17) is 0 Å². The number of para-hydroxylation sites is 1. The Kier molecular flexibility index (Phi) is 6.74. The maximum atomic E-state index is 13.0. The van der Waals surface area contributed by atoms with Gasteiger partial charge in [0.2, 0.25) is 5.91 Å². The minimum Gasteiger partial charge on any atom is -0.345 e. The first-order chi connectivity index (χ1) is 14.0. The van der Waals surface area contributed by atoms with Crippen LogP contribution in [0.25, 0.3) is 0 Å². The van der Waals surface area contributed by atoms with Crippen LogP contribution < -0.4 is 10.6 Å². The second kappa shape index (κ2) is 9.64. The highest BCUT2D eigenvalue weighted by molar-refractivity contribution is 6.03. The zero-order valence-electron chi connectivity index (χ0n) is 16.2. The minimum absolute atomic E-state index is 0.161. The van der Waals surface area contributed by atoms with Crippen LogP contribution in [0, 0.1) is 5.82 Å². The predicted molar refractivity (Wildman–Crippen MR) is 112 cm³/mol. The Morgan fingerprint density at radius 1 is 0.897 bits per heavy atom. The summed E-state index contributed by atoms with van der Waals surface area (Å²) in [4.78, 5) is 25.1. The second-order valence-corrected chi connectivity index (χ2v) is 6.83. The van der Waals surface area contributed by atoms with Crippen molar-refractivity contribution in [3.8, 4) is 0 Å². The van der Waals surface area contributed by atoms with E-state index in [1.165, 1.54) is 12.1 Å². The first-order valence-corrected chi connectivity index (χ1v) is 9.52. The van der Waals surface area contributed by atoms with E-state index in [1.807, 2.05) is 37.3 Å². The van der Waals surface area contributed by atoms with Gasteiger partial charge in [-0.2, -0.15) is 0 Å². The van der Waals surface area contributed by atoms with Crippen LogP contribution >= 0.6 is 0 Å². The Morgan fingerprint density at radius 2 is 1.55 bits per heavy atom. The highest BCUT2D eigenvalue weighted by Crippen LogP contribution is 2.18. The molecule has 3 aromatic rings. The largest absolute Gasteiger partial charge is 0.345 e. The Morgan fingerprint density at radius 3 is 2.28 bits per heavy atom. The molecule has 0 saturated carbocycles. The van der Waals surface area contributed by atoms with Gasteiger partial charge in [-0.15, -0.1) is 0 Å². The number of anilines is 1. The molecule has 0 fully saturated rings. The molecule has 0 aromatic heterocycles. The van der Waals surface area contributed by atoms with E-state index in [-0.39, 0.29) is 30.1 Å². The summed E-state index contributed by atoms with van der Waals surface area (Å²) in [7, 11) is 0. The summed E-state index contributed by atoms with van der Waals surface area (Å²) >= 11 is 0. The lowest BCUT2D eigenvalue weighted by molar-refractivity contribution is -0.116. The average molecular weight is 390 g/mol. The van der Waals surface area contributed by atoms with E-state index in [1.54, 1.807) is 36.4 Å². The van der Waals surface area contributed by atoms with E-state index < -0.39 is 0 Å². The summed E-state index contributed by atoms with van der Waals surface area (Å²) < 4.78 is 13.0. The molecule has 4 nitrogen and oxygen atoms in total. The Hall–Kier alpha value is -3.47. The van der Waals surface area contributed by atoms with Gasteiger partial charge in [0.1, 0.15) is 5.82 Å². The van der Waals surface area contributed by atoms with Crippen LogP contribution in [0.5, 0.6) is 0 Å². The molecule has 3 rings (SSSR count). The van der Waals surface area contributed by atoms with Crippen LogP contribution in [0.1, 0.15) is 40.9 Å². The van der Waals surface area contributed by atoms with Gasteiger partial charge in [-0.25, -0.2) is 4.39 Å². The maximum absolute atomic E-state index is 13.0. The molecule has 0 aliphatic heterocycles. The third-order valence-corrected chi connectivity index (χ3v) is 4.65. The number of carbonyl (C=O) groups excluding carboxylic acids is 2. The van der Waals surface area contributed by atoms with Crippen LogP contribution in [-0.2, 0) is 11.2 Å². The van der Waals surface area contributed by atoms with Gasteiger partial charge >= 0.3 is 0 Å². The molecule has 0 bridgehead atoms. The lowest BCUT2D eigenvalue weighted by atomic mass is 10.1. The molecule has 5 heteroatoms. The normalized spacial score (nSPS) is 11.5. The second-order valence-electron chi connectivity index (χ2n) is 6.83. The molecule has 0 spiro atoms. The fraction of sp³-hybridized carbons (Fsp3) is 0.167. The van der Waals surface area contributed by atoms with E-state index >= 15 is 0 Å². The summed E-state index contributed by atoms with van der Waals surface area (Å²) in [5, 5.41) is 5.78. The van der Waals surface area contributed by atoms with Gasteiger partial charge in [0.25, 0.3) is 5.91 Å². The van der Waals surface area contributed by atoms with Crippen molar-refractivity contribution in [2.45, 2.75) is 25.8 Å². The molecular weight excluding hydrogens is 367 g/mol. The molecule has 148 valence electrons. The zero-order chi connectivity index (χ0) is 20.6. The van der Waals surface area contributed by atoms with E-state index in [9.17, 15) is 14.0 Å². The van der Waals surface area contributed by atoms with Crippen LogP contribution in [0.2, 0.25) is 0 Å². The highest BCUT2D eigenvalue weighted by atomic mass is 19.1. The maximum Gasteiger partial charge on any atom is 0.253 e. The lowest BCUT2D eigenvalue weighted by Gasteiger charge is -2.16. The summed E-state index contributed by atoms with van der Waals surface area (Å²) in [5.74, 6) is -0.760. The van der Waals surface area contributed by atoms with Crippen molar-refractivity contribution in [1.82, 2.24) is 5.32 Å². The summed E-state index contributed by atoms with van der Waals surface area (Å²) in [6.07, 6.45) is 0.730. The lowest BCUT2D eigenvalue weighted by Crippen LogP contribution is -2.28. The number of halogens is 1. The summed E-state index contributed by atoms with van der Waals surface area (Å²) in [6, 6.07) is 22.5. The number of benzene rings is 3. The van der Waals surface area contributed by atoms with Crippen LogP contribution in [0.3, 0.4) is 0 Å². The van der Waals surface area contributed by atoms with Crippen molar-refractivity contribution in [1.29, 1.82) is 0 Å². The van der Waals surface area contributed by atoms with Gasteiger partial charge in [-0.1, -0.05) is 54.6 Å². The molecule has 2 amide bonds. The fourth-order valence-corrected chi connectivity index (χ4v) is 3.01. The van der Waals surface area contributed by atoms with Gasteiger partial charge in [-0.3, -0.25) is 9.59 Å². The molecule has 1 atom stereocenters. The number of carbonyl (C=O) groups is 2. The van der Waals surface area contributed by atoms with Crippen molar-refractivity contribution in [2.24, 2.45) is 0 Å². The van der Waals surface area contributed by atoms with E-state index in [0.717, 1.165) is 11.1 Å². The molecule has 3 aromatic carbocycles. The highest BCUT2D eigenvalue weighted by Gasteiger charge is 2.16. The van der Waals surface area contributed by atoms with Gasteiger partial charge < -0.3 is 10.6 Å². The molecule has 1 unspecified atom stereocenters. The topological polar surface area (TPSA) is 58.2 Å². The molecular formula is C24H23FN2O2. The molecule has 0 heterocycles. The van der Waals surface area contributed by atoms with Crippen LogP contribution in [0.4, 0.5) is 10.1 Å². The molecule has 0 radical (unpaired) electrons. The number of amides is 2. The van der Waals surface area contributed by atoms with Gasteiger partial charge in [0.05, 0.1) is 17.3 Å². The van der Waals surface area contributed by atoms with Gasteiger partial charge in [0.15, 0.2) is 0 Å². The molecule has 0 aliphatic carbocycles. The first kappa shape index (κ1) is 20.3. The fourth-order valence-electron chi connectivity index (χ4n) is 3.01. The smallest absolute Gasteiger partial charge is 0.253 e. The SMILES string of the molecule is CC(NC(=O)c1ccccc1NC(=O)CCc1ccc(F)cc1)c1ccccc1.